The fourth-order valence-corrected chi connectivity index (χ4v) is 1.69. The molecule has 0 unspecified atom stereocenters. The summed E-state index contributed by atoms with van der Waals surface area (Å²) in [5.74, 6) is -1.63. The highest BCUT2D eigenvalue weighted by Gasteiger charge is 2.18. The van der Waals surface area contributed by atoms with Gasteiger partial charge in [-0.25, -0.2) is 4.79 Å². The predicted molar refractivity (Wildman–Crippen MR) is 74.2 cm³/mol. The molecule has 0 radical (unpaired) electrons. The maximum atomic E-state index is 11.4. The van der Waals surface area contributed by atoms with Gasteiger partial charge in [-0.05, 0) is 33.6 Å². The molecule has 0 aromatic carbocycles. The molecule has 0 spiro atoms. The van der Waals surface area contributed by atoms with E-state index in [0.717, 1.165) is 6.42 Å². The molecule has 0 heterocycles. The van der Waals surface area contributed by atoms with Gasteiger partial charge in [-0.15, -0.1) is 0 Å². The molecular formula is C14H25NO5. The summed E-state index contributed by atoms with van der Waals surface area (Å²) in [7, 11) is 0. The molecule has 0 aliphatic carbocycles. The molecule has 0 bridgehead atoms. The number of hydrogen-bond acceptors (Lipinski definition) is 4. The number of carbonyl (C=O) groups is 3. The molecule has 0 aliphatic heterocycles. The average Bonchev–Trinajstić information content (AvgIpc) is 2.23. The van der Waals surface area contributed by atoms with Gasteiger partial charge in [-0.1, -0.05) is 12.8 Å². The third kappa shape index (κ3) is 10.3. The normalized spacial score (nSPS) is 12.6. The summed E-state index contributed by atoms with van der Waals surface area (Å²) < 4.78 is 5.17. The van der Waals surface area contributed by atoms with Gasteiger partial charge in [0.2, 0.25) is 5.91 Å². The van der Waals surface area contributed by atoms with Crippen LogP contribution in [-0.2, 0) is 19.1 Å². The van der Waals surface area contributed by atoms with E-state index >= 15 is 0 Å². The van der Waals surface area contributed by atoms with E-state index in [2.05, 4.69) is 5.32 Å². The number of amides is 1. The summed E-state index contributed by atoms with van der Waals surface area (Å²) in [5.41, 5.74) is -0.475. The Bertz CT molecular complexity index is 346. The number of aliphatic carboxylic acids is 1. The number of esters is 1. The number of nitrogens with one attached hydrogen (secondary N) is 1. The standard InChI is InChI=1S/C14H25NO5/c1-10(16)15-11(13(18)19)8-6-5-7-9-12(17)20-14(2,3)4/h11H,5-9H2,1-4H3,(H,15,16)(H,18,19)/t11-/m0/s1. The van der Waals surface area contributed by atoms with Gasteiger partial charge in [-0.3, -0.25) is 9.59 Å². The first-order chi connectivity index (χ1) is 9.11. The molecule has 0 fully saturated rings. The van der Waals surface area contributed by atoms with E-state index in [1.54, 1.807) is 0 Å². The second-order valence-electron chi connectivity index (χ2n) is 5.78. The van der Waals surface area contributed by atoms with E-state index in [-0.39, 0.29) is 11.9 Å². The van der Waals surface area contributed by atoms with Crippen molar-refractivity contribution in [3.8, 4) is 0 Å². The van der Waals surface area contributed by atoms with Crippen LogP contribution < -0.4 is 5.32 Å². The van der Waals surface area contributed by atoms with Gasteiger partial charge in [0.15, 0.2) is 0 Å². The van der Waals surface area contributed by atoms with Crippen LogP contribution in [0.1, 0.15) is 59.8 Å². The maximum absolute atomic E-state index is 11.4. The molecule has 0 saturated carbocycles. The Labute approximate surface area is 119 Å². The lowest BCUT2D eigenvalue weighted by Gasteiger charge is -2.19. The molecular weight excluding hydrogens is 262 g/mol. The Hall–Kier alpha value is -1.59. The maximum Gasteiger partial charge on any atom is 0.326 e. The highest BCUT2D eigenvalue weighted by Crippen LogP contribution is 2.11. The van der Waals surface area contributed by atoms with Crippen molar-refractivity contribution in [3.63, 3.8) is 0 Å². The first kappa shape index (κ1) is 18.4. The third-order valence-corrected chi connectivity index (χ3v) is 2.47. The summed E-state index contributed by atoms with van der Waals surface area (Å²) in [6.45, 7) is 6.74. The number of hydrogen-bond donors (Lipinski definition) is 2. The van der Waals surface area contributed by atoms with E-state index in [1.807, 2.05) is 20.8 Å². The van der Waals surface area contributed by atoms with Crippen LogP contribution in [0.4, 0.5) is 0 Å². The van der Waals surface area contributed by atoms with Crippen molar-refractivity contribution in [1.29, 1.82) is 0 Å². The Kier molecular flexibility index (Phi) is 7.87. The molecule has 2 N–H and O–H groups in total. The van der Waals surface area contributed by atoms with Gasteiger partial charge in [0.25, 0.3) is 0 Å². The first-order valence-electron chi connectivity index (χ1n) is 6.83. The fourth-order valence-electron chi connectivity index (χ4n) is 1.69. The smallest absolute Gasteiger partial charge is 0.326 e. The number of carboxylic acid groups (broad SMARTS) is 1. The topological polar surface area (TPSA) is 92.7 Å². The Morgan fingerprint density at radius 2 is 1.75 bits per heavy atom. The van der Waals surface area contributed by atoms with Gasteiger partial charge in [0, 0.05) is 13.3 Å². The van der Waals surface area contributed by atoms with Crippen molar-refractivity contribution in [2.75, 3.05) is 0 Å². The van der Waals surface area contributed by atoms with Gasteiger partial charge in [0.1, 0.15) is 11.6 Å². The summed E-state index contributed by atoms with van der Waals surface area (Å²) in [4.78, 5) is 33.1. The highest BCUT2D eigenvalue weighted by molar-refractivity contribution is 5.81. The van der Waals surface area contributed by atoms with Crippen LogP contribution in [0, 0.1) is 0 Å². The summed E-state index contributed by atoms with van der Waals surface area (Å²) >= 11 is 0. The minimum atomic E-state index is -1.03. The van der Waals surface area contributed by atoms with E-state index in [1.165, 1.54) is 6.92 Å². The molecule has 6 nitrogen and oxygen atoms in total. The largest absolute Gasteiger partial charge is 0.480 e. The molecule has 1 atom stereocenters. The predicted octanol–water partition coefficient (Wildman–Crippen LogP) is 1.87. The summed E-state index contributed by atoms with van der Waals surface area (Å²) in [5, 5.41) is 11.3. The van der Waals surface area contributed by atoms with Crippen molar-refractivity contribution in [2.45, 2.75) is 71.4 Å². The lowest BCUT2D eigenvalue weighted by atomic mass is 10.1. The Morgan fingerprint density at radius 1 is 1.15 bits per heavy atom. The van der Waals surface area contributed by atoms with Gasteiger partial charge < -0.3 is 15.2 Å². The number of carbonyl (C=O) groups excluding carboxylic acids is 2. The van der Waals surface area contributed by atoms with E-state index in [0.29, 0.717) is 25.7 Å². The Balaban J connectivity index is 3.82. The minimum Gasteiger partial charge on any atom is -0.480 e. The molecule has 0 saturated heterocycles. The van der Waals surface area contributed by atoms with E-state index in [9.17, 15) is 14.4 Å². The fraction of sp³-hybridized carbons (Fsp3) is 0.786. The van der Waals surface area contributed by atoms with Crippen LogP contribution in [0.3, 0.4) is 0 Å². The lowest BCUT2D eigenvalue weighted by molar-refractivity contribution is -0.155. The van der Waals surface area contributed by atoms with Crippen LogP contribution in [0.25, 0.3) is 0 Å². The zero-order valence-corrected chi connectivity index (χ0v) is 12.7. The SMILES string of the molecule is CC(=O)N[C@@H](CCCCCC(=O)OC(C)(C)C)C(=O)O. The number of carboxylic acids is 1. The van der Waals surface area contributed by atoms with Crippen molar-refractivity contribution >= 4 is 17.8 Å². The molecule has 6 heteroatoms. The van der Waals surface area contributed by atoms with Crippen molar-refractivity contribution in [1.82, 2.24) is 5.32 Å². The second-order valence-corrected chi connectivity index (χ2v) is 5.78. The highest BCUT2D eigenvalue weighted by atomic mass is 16.6. The molecule has 116 valence electrons. The Morgan fingerprint density at radius 3 is 2.20 bits per heavy atom. The molecule has 0 aromatic heterocycles. The van der Waals surface area contributed by atoms with Crippen LogP contribution in [-0.4, -0.2) is 34.6 Å². The average molecular weight is 287 g/mol. The van der Waals surface area contributed by atoms with Crippen LogP contribution in [0.2, 0.25) is 0 Å². The van der Waals surface area contributed by atoms with Crippen LogP contribution in [0.5, 0.6) is 0 Å². The number of ether oxygens (including phenoxy) is 1. The van der Waals surface area contributed by atoms with Gasteiger partial charge in [-0.2, -0.15) is 0 Å². The monoisotopic (exact) mass is 287 g/mol. The van der Waals surface area contributed by atoms with Gasteiger partial charge >= 0.3 is 11.9 Å². The zero-order valence-electron chi connectivity index (χ0n) is 12.7. The van der Waals surface area contributed by atoms with Crippen molar-refractivity contribution in [3.05, 3.63) is 0 Å². The van der Waals surface area contributed by atoms with Crippen molar-refractivity contribution < 1.29 is 24.2 Å². The molecule has 20 heavy (non-hydrogen) atoms. The molecule has 1 amide bonds. The molecule has 0 rings (SSSR count). The third-order valence-electron chi connectivity index (χ3n) is 2.47. The number of rotatable bonds is 8. The van der Waals surface area contributed by atoms with Crippen LogP contribution in [0.15, 0.2) is 0 Å². The van der Waals surface area contributed by atoms with Crippen LogP contribution >= 0.6 is 0 Å². The zero-order chi connectivity index (χ0) is 15.8. The summed E-state index contributed by atoms with van der Waals surface area (Å²) in [6, 6.07) is -0.853. The summed E-state index contributed by atoms with van der Waals surface area (Å²) in [6.07, 6.45) is 2.71. The first-order valence-corrected chi connectivity index (χ1v) is 6.83. The minimum absolute atomic E-state index is 0.242. The van der Waals surface area contributed by atoms with E-state index in [4.69, 9.17) is 9.84 Å². The van der Waals surface area contributed by atoms with Crippen molar-refractivity contribution in [2.24, 2.45) is 0 Å². The second kappa shape index (κ2) is 8.55. The van der Waals surface area contributed by atoms with E-state index < -0.39 is 17.6 Å². The lowest BCUT2D eigenvalue weighted by Crippen LogP contribution is -2.39. The molecule has 0 aromatic rings. The molecule has 0 aliphatic rings. The number of unbranched alkanes of at least 4 members (excludes halogenated alkanes) is 2. The quantitative estimate of drug-likeness (QED) is 0.525. The van der Waals surface area contributed by atoms with Gasteiger partial charge in [0.05, 0.1) is 0 Å².